The molecule has 1 aromatic heterocycles. The molecular weight excluding hydrogens is 376 g/mol. The van der Waals surface area contributed by atoms with Gasteiger partial charge in [-0.2, -0.15) is 0 Å². The Kier molecular flexibility index (Phi) is 6.38. The highest BCUT2D eigenvalue weighted by molar-refractivity contribution is 5.90. The molecule has 1 aliphatic heterocycles. The molecule has 0 saturated carbocycles. The molecular formula is C20H26N4O5. The monoisotopic (exact) mass is 402 g/mol. The number of carboxylic acids is 1. The molecule has 0 radical (unpaired) electrons. The number of carboxylic acid groups (broad SMARTS) is 1. The van der Waals surface area contributed by atoms with Gasteiger partial charge < -0.3 is 14.7 Å². The number of rotatable bonds is 7. The zero-order valence-electron chi connectivity index (χ0n) is 16.7. The van der Waals surface area contributed by atoms with E-state index in [1.54, 1.807) is 25.2 Å². The van der Waals surface area contributed by atoms with Gasteiger partial charge in [-0.05, 0) is 18.6 Å². The maximum atomic E-state index is 12.1. The van der Waals surface area contributed by atoms with Crippen molar-refractivity contribution in [1.82, 2.24) is 14.0 Å². The van der Waals surface area contributed by atoms with E-state index in [1.165, 1.54) is 23.7 Å². The van der Waals surface area contributed by atoms with Crippen LogP contribution >= 0.6 is 0 Å². The molecule has 0 atom stereocenters. The fourth-order valence-corrected chi connectivity index (χ4v) is 3.46. The molecule has 2 heterocycles. The maximum absolute atomic E-state index is 12.1. The van der Waals surface area contributed by atoms with Crippen molar-refractivity contribution < 1.29 is 14.6 Å². The van der Waals surface area contributed by atoms with Crippen LogP contribution < -0.4 is 20.9 Å². The quantitative estimate of drug-likeness (QED) is 0.669. The first-order valence-electron chi connectivity index (χ1n) is 9.58. The van der Waals surface area contributed by atoms with E-state index in [4.69, 9.17) is 4.74 Å². The Morgan fingerprint density at radius 2 is 1.76 bits per heavy atom. The van der Waals surface area contributed by atoms with Crippen LogP contribution in [-0.4, -0.2) is 64.4 Å². The Morgan fingerprint density at radius 3 is 2.45 bits per heavy atom. The maximum Gasteiger partial charge on any atom is 0.339 e. The molecule has 9 nitrogen and oxygen atoms in total. The highest BCUT2D eigenvalue weighted by Crippen LogP contribution is 2.18. The van der Waals surface area contributed by atoms with Gasteiger partial charge in [0.1, 0.15) is 17.1 Å². The Bertz CT molecular complexity index is 989. The lowest BCUT2D eigenvalue weighted by atomic mass is 10.2. The van der Waals surface area contributed by atoms with Crippen LogP contribution in [-0.2, 0) is 14.1 Å². The predicted octanol–water partition coefficient (Wildman–Crippen LogP) is 0.373. The highest BCUT2D eigenvalue weighted by atomic mass is 16.5. The summed E-state index contributed by atoms with van der Waals surface area (Å²) in [5.74, 6) is 0.0321. The SMILES string of the molecule is Cn1c(N2CCN(CCCOc3ccccc3C(=O)O)CC2)cc(=O)n(C)c1=O. The van der Waals surface area contributed by atoms with Crippen LogP contribution in [0.2, 0.25) is 0 Å². The lowest BCUT2D eigenvalue weighted by Crippen LogP contribution is -2.49. The van der Waals surface area contributed by atoms with E-state index in [-0.39, 0.29) is 16.8 Å². The minimum atomic E-state index is -0.998. The summed E-state index contributed by atoms with van der Waals surface area (Å²) in [5, 5.41) is 9.18. The van der Waals surface area contributed by atoms with Gasteiger partial charge in [0.05, 0.1) is 6.61 Å². The van der Waals surface area contributed by atoms with Crippen LogP contribution in [0.1, 0.15) is 16.8 Å². The van der Waals surface area contributed by atoms with Crippen LogP contribution in [0.3, 0.4) is 0 Å². The van der Waals surface area contributed by atoms with E-state index in [0.717, 1.165) is 43.7 Å². The average molecular weight is 402 g/mol. The van der Waals surface area contributed by atoms with E-state index in [9.17, 15) is 19.5 Å². The molecule has 1 N–H and O–H groups in total. The fraction of sp³-hybridized carbons (Fsp3) is 0.450. The van der Waals surface area contributed by atoms with Crippen molar-refractivity contribution in [2.45, 2.75) is 6.42 Å². The van der Waals surface area contributed by atoms with E-state index in [2.05, 4.69) is 9.80 Å². The average Bonchev–Trinajstić information content (AvgIpc) is 2.73. The van der Waals surface area contributed by atoms with Crippen LogP contribution in [0, 0.1) is 0 Å². The summed E-state index contributed by atoms with van der Waals surface area (Å²) in [5.41, 5.74) is -0.459. The van der Waals surface area contributed by atoms with Gasteiger partial charge in [0.2, 0.25) is 0 Å². The van der Waals surface area contributed by atoms with Gasteiger partial charge in [0.15, 0.2) is 0 Å². The Balaban J connectivity index is 1.48. The van der Waals surface area contributed by atoms with E-state index < -0.39 is 5.97 Å². The van der Waals surface area contributed by atoms with E-state index >= 15 is 0 Å². The normalized spacial score (nSPS) is 14.8. The van der Waals surface area contributed by atoms with Gasteiger partial charge >= 0.3 is 11.7 Å². The van der Waals surface area contributed by atoms with Crippen molar-refractivity contribution in [2.24, 2.45) is 14.1 Å². The largest absolute Gasteiger partial charge is 0.493 e. The molecule has 0 bridgehead atoms. The molecule has 0 unspecified atom stereocenters. The molecule has 3 rings (SSSR count). The summed E-state index contributed by atoms with van der Waals surface area (Å²) < 4.78 is 8.24. The number of aromatic carboxylic acids is 1. The fourth-order valence-electron chi connectivity index (χ4n) is 3.46. The number of ether oxygens (including phenoxy) is 1. The first-order chi connectivity index (χ1) is 13.9. The summed E-state index contributed by atoms with van der Waals surface area (Å²) in [6.07, 6.45) is 0.776. The molecule has 1 aromatic carbocycles. The van der Waals surface area contributed by atoms with E-state index in [0.29, 0.717) is 18.2 Å². The van der Waals surface area contributed by atoms with Crippen molar-refractivity contribution >= 4 is 11.8 Å². The van der Waals surface area contributed by atoms with Crippen molar-refractivity contribution in [3.05, 3.63) is 56.7 Å². The van der Waals surface area contributed by atoms with Crippen molar-refractivity contribution in [2.75, 3.05) is 44.2 Å². The Labute approximate surface area is 168 Å². The summed E-state index contributed by atoms with van der Waals surface area (Å²) in [6, 6.07) is 8.13. The number of para-hydroxylation sites is 1. The molecule has 0 spiro atoms. The summed E-state index contributed by atoms with van der Waals surface area (Å²) in [7, 11) is 3.15. The van der Waals surface area contributed by atoms with Gasteiger partial charge in [-0.15, -0.1) is 0 Å². The van der Waals surface area contributed by atoms with Crippen LogP contribution in [0.25, 0.3) is 0 Å². The third kappa shape index (κ3) is 4.68. The van der Waals surface area contributed by atoms with E-state index in [1.807, 2.05) is 0 Å². The number of nitrogens with zero attached hydrogens (tertiary/aromatic N) is 4. The van der Waals surface area contributed by atoms with Crippen LogP contribution in [0.15, 0.2) is 39.9 Å². The number of hydrogen-bond acceptors (Lipinski definition) is 6. The van der Waals surface area contributed by atoms with Crippen molar-refractivity contribution in [3.8, 4) is 5.75 Å². The second-order valence-electron chi connectivity index (χ2n) is 7.07. The smallest absolute Gasteiger partial charge is 0.339 e. The van der Waals surface area contributed by atoms with Crippen LogP contribution in [0.5, 0.6) is 5.75 Å². The standard InChI is InChI=1S/C20H26N4O5/c1-21-17(14-18(25)22(2)20(21)28)24-11-9-23(10-12-24)8-5-13-29-16-7-4-3-6-15(16)19(26)27/h3-4,6-7,14H,5,8-13H2,1-2H3,(H,26,27). The van der Waals surface area contributed by atoms with Crippen LogP contribution in [0.4, 0.5) is 5.82 Å². The summed E-state index contributed by atoms with van der Waals surface area (Å²) in [6.45, 7) is 4.35. The molecule has 0 aliphatic carbocycles. The third-order valence-electron chi connectivity index (χ3n) is 5.19. The Hall–Kier alpha value is -3.07. The molecule has 1 fully saturated rings. The van der Waals surface area contributed by atoms with Crippen molar-refractivity contribution in [3.63, 3.8) is 0 Å². The Morgan fingerprint density at radius 1 is 1.07 bits per heavy atom. The summed E-state index contributed by atoms with van der Waals surface area (Å²) >= 11 is 0. The summed E-state index contributed by atoms with van der Waals surface area (Å²) in [4.78, 5) is 39.6. The number of piperazine rings is 1. The zero-order valence-corrected chi connectivity index (χ0v) is 16.7. The molecule has 0 amide bonds. The van der Waals surface area contributed by atoms with Gasteiger partial charge in [-0.1, -0.05) is 12.1 Å². The first-order valence-corrected chi connectivity index (χ1v) is 9.58. The second-order valence-corrected chi connectivity index (χ2v) is 7.07. The number of aromatic nitrogens is 2. The lowest BCUT2D eigenvalue weighted by Gasteiger charge is -2.36. The minimum Gasteiger partial charge on any atom is -0.493 e. The lowest BCUT2D eigenvalue weighted by molar-refractivity contribution is 0.0692. The van der Waals surface area contributed by atoms with Gasteiger partial charge in [-0.25, -0.2) is 9.59 Å². The first kappa shape index (κ1) is 20.7. The number of benzene rings is 1. The third-order valence-corrected chi connectivity index (χ3v) is 5.19. The zero-order chi connectivity index (χ0) is 21.0. The van der Waals surface area contributed by atoms with Crippen molar-refractivity contribution in [1.29, 1.82) is 0 Å². The molecule has 2 aromatic rings. The molecule has 1 aliphatic rings. The second kappa shape index (κ2) is 8.95. The van der Waals surface area contributed by atoms with Gasteiger partial charge in [0.25, 0.3) is 5.56 Å². The number of carbonyl (C=O) groups is 1. The molecule has 1 saturated heterocycles. The number of anilines is 1. The predicted molar refractivity (Wildman–Crippen MR) is 109 cm³/mol. The van der Waals surface area contributed by atoms with Gasteiger partial charge in [-0.3, -0.25) is 18.8 Å². The number of hydrogen-bond donors (Lipinski definition) is 1. The molecule has 9 heteroatoms. The highest BCUT2D eigenvalue weighted by Gasteiger charge is 2.20. The topological polar surface area (TPSA) is 97.0 Å². The molecule has 29 heavy (non-hydrogen) atoms. The van der Waals surface area contributed by atoms with Gasteiger partial charge in [0, 0.05) is 52.9 Å². The molecule has 156 valence electrons. The minimum absolute atomic E-state index is 0.167.